The first-order valence-corrected chi connectivity index (χ1v) is 4.72. The quantitative estimate of drug-likeness (QED) is 0.387. The summed E-state index contributed by atoms with van der Waals surface area (Å²) in [5.41, 5.74) is 3.07. The van der Waals surface area contributed by atoms with E-state index >= 15 is 0 Å². The standard InChI is InChI=1S/C10H15NO/c1-2-6-12-11-10-5-3-4-8-7-9(8)10/h1,8-11H,3-7H2/t8-,9+,10?/m1/s1. The van der Waals surface area contributed by atoms with Gasteiger partial charge in [0.2, 0.25) is 0 Å². The summed E-state index contributed by atoms with van der Waals surface area (Å²) in [5.74, 6) is 4.33. The van der Waals surface area contributed by atoms with Gasteiger partial charge in [-0.05, 0) is 24.7 Å². The average molecular weight is 165 g/mol. The molecule has 2 aliphatic carbocycles. The van der Waals surface area contributed by atoms with E-state index < -0.39 is 0 Å². The van der Waals surface area contributed by atoms with Crippen molar-refractivity contribution < 1.29 is 4.84 Å². The van der Waals surface area contributed by atoms with Crippen molar-refractivity contribution in [2.24, 2.45) is 11.8 Å². The summed E-state index contributed by atoms with van der Waals surface area (Å²) >= 11 is 0. The minimum atomic E-state index is 0.383. The molecule has 0 aliphatic heterocycles. The van der Waals surface area contributed by atoms with Crippen LogP contribution in [-0.2, 0) is 4.84 Å². The Morgan fingerprint density at radius 1 is 1.50 bits per heavy atom. The monoisotopic (exact) mass is 165 g/mol. The molecule has 0 saturated heterocycles. The van der Waals surface area contributed by atoms with Crippen molar-refractivity contribution in [1.82, 2.24) is 5.48 Å². The Morgan fingerprint density at radius 3 is 3.25 bits per heavy atom. The van der Waals surface area contributed by atoms with Gasteiger partial charge in [0.25, 0.3) is 0 Å². The first kappa shape index (κ1) is 8.10. The van der Waals surface area contributed by atoms with Gasteiger partial charge < -0.3 is 0 Å². The lowest BCUT2D eigenvalue weighted by Crippen LogP contribution is -2.33. The maximum Gasteiger partial charge on any atom is 0.128 e. The van der Waals surface area contributed by atoms with Gasteiger partial charge in [0.1, 0.15) is 6.61 Å². The molecule has 0 aromatic heterocycles. The first-order chi connectivity index (χ1) is 5.92. The SMILES string of the molecule is C#CCONC1CCC[C@@H]2C[C@H]12. The first-order valence-electron chi connectivity index (χ1n) is 4.72. The van der Waals surface area contributed by atoms with Gasteiger partial charge in [0.05, 0.1) is 0 Å². The molecular formula is C10H15NO. The summed E-state index contributed by atoms with van der Waals surface area (Å²) in [6.45, 7) is 0.383. The summed E-state index contributed by atoms with van der Waals surface area (Å²) in [4.78, 5) is 5.13. The zero-order valence-electron chi connectivity index (χ0n) is 7.25. The maximum atomic E-state index is 5.13. The molecule has 1 N–H and O–H groups in total. The van der Waals surface area contributed by atoms with Crippen LogP contribution in [0.4, 0.5) is 0 Å². The Balaban J connectivity index is 1.70. The average Bonchev–Trinajstić information content (AvgIpc) is 2.84. The highest BCUT2D eigenvalue weighted by molar-refractivity contribution is 4.97. The lowest BCUT2D eigenvalue weighted by Gasteiger charge is -2.21. The van der Waals surface area contributed by atoms with E-state index in [1.165, 1.54) is 25.7 Å². The molecule has 0 bridgehead atoms. The van der Waals surface area contributed by atoms with Crippen LogP contribution in [0.2, 0.25) is 0 Å². The molecule has 66 valence electrons. The summed E-state index contributed by atoms with van der Waals surface area (Å²) in [6.07, 6.45) is 10.5. The van der Waals surface area contributed by atoms with Crippen LogP contribution >= 0.6 is 0 Å². The number of fused-ring (bicyclic) bond motifs is 1. The van der Waals surface area contributed by atoms with E-state index in [0.717, 1.165) is 11.8 Å². The van der Waals surface area contributed by atoms with Crippen LogP contribution < -0.4 is 5.48 Å². The largest absolute Gasteiger partial charge is 0.289 e. The highest BCUT2D eigenvalue weighted by Crippen LogP contribution is 2.49. The van der Waals surface area contributed by atoms with E-state index in [1.54, 1.807) is 0 Å². The van der Waals surface area contributed by atoms with E-state index in [4.69, 9.17) is 11.3 Å². The third-order valence-electron chi connectivity index (χ3n) is 2.97. The molecule has 0 heterocycles. The van der Waals surface area contributed by atoms with Gasteiger partial charge in [-0.3, -0.25) is 4.84 Å². The zero-order valence-corrected chi connectivity index (χ0v) is 7.25. The lowest BCUT2D eigenvalue weighted by molar-refractivity contribution is 0.0234. The van der Waals surface area contributed by atoms with E-state index in [9.17, 15) is 0 Å². The predicted octanol–water partition coefficient (Wildman–Crippen LogP) is 1.33. The van der Waals surface area contributed by atoms with Crippen LogP contribution in [0.5, 0.6) is 0 Å². The molecule has 2 heteroatoms. The smallest absolute Gasteiger partial charge is 0.128 e. The molecule has 0 radical (unpaired) electrons. The van der Waals surface area contributed by atoms with Gasteiger partial charge in [-0.15, -0.1) is 6.42 Å². The van der Waals surface area contributed by atoms with Crippen molar-refractivity contribution in [2.75, 3.05) is 6.61 Å². The fraction of sp³-hybridized carbons (Fsp3) is 0.800. The van der Waals surface area contributed by atoms with Gasteiger partial charge in [0, 0.05) is 6.04 Å². The van der Waals surface area contributed by atoms with Gasteiger partial charge in [-0.2, -0.15) is 5.48 Å². The second kappa shape index (κ2) is 3.47. The summed E-state index contributed by atoms with van der Waals surface area (Å²) in [5, 5.41) is 0. The van der Waals surface area contributed by atoms with E-state index in [-0.39, 0.29) is 0 Å². The highest BCUT2D eigenvalue weighted by atomic mass is 16.6. The highest BCUT2D eigenvalue weighted by Gasteiger charge is 2.45. The van der Waals surface area contributed by atoms with Crippen molar-refractivity contribution >= 4 is 0 Å². The number of rotatable bonds is 3. The second-order valence-electron chi connectivity index (χ2n) is 3.81. The Hall–Kier alpha value is -0.520. The third kappa shape index (κ3) is 1.63. The van der Waals surface area contributed by atoms with Crippen LogP contribution in [0.25, 0.3) is 0 Å². The molecular weight excluding hydrogens is 150 g/mol. The van der Waals surface area contributed by atoms with Crippen molar-refractivity contribution in [1.29, 1.82) is 0 Å². The van der Waals surface area contributed by atoms with Crippen molar-refractivity contribution in [3.63, 3.8) is 0 Å². The molecule has 2 saturated carbocycles. The zero-order chi connectivity index (χ0) is 8.39. The number of hydroxylamine groups is 1. The minimum absolute atomic E-state index is 0.383. The minimum Gasteiger partial charge on any atom is -0.289 e. The Bertz CT molecular complexity index is 197. The van der Waals surface area contributed by atoms with E-state index in [1.807, 2.05) is 0 Å². The number of nitrogens with one attached hydrogen (secondary N) is 1. The number of terminal acetylenes is 1. The van der Waals surface area contributed by atoms with Gasteiger partial charge >= 0.3 is 0 Å². The van der Waals surface area contributed by atoms with Crippen LogP contribution in [-0.4, -0.2) is 12.6 Å². The molecule has 0 aromatic rings. The summed E-state index contributed by atoms with van der Waals surface area (Å²) in [7, 11) is 0. The summed E-state index contributed by atoms with van der Waals surface area (Å²) < 4.78 is 0. The van der Waals surface area contributed by atoms with E-state index in [2.05, 4.69) is 11.4 Å². The van der Waals surface area contributed by atoms with Gasteiger partial charge in [-0.1, -0.05) is 18.8 Å². The summed E-state index contributed by atoms with van der Waals surface area (Å²) in [6, 6.07) is 0.581. The molecule has 2 rings (SSSR count). The van der Waals surface area contributed by atoms with Gasteiger partial charge in [0.15, 0.2) is 0 Å². The van der Waals surface area contributed by atoms with Crippen molar-refractivity contribution in [2.45, 2.75) is 31.7 Å². The third-order valence-corrected chi connectivity index (χ3v) is 2.97. The van der Waals surface area contributed by atoms with E-state index in [0.29, 0.717) is 12.6 Å². The second-order valence-corrected chi connectivity index (χ2v) is 3.81. The molecule has 2 nitrogen and oxygen atoms in total. The van der Waals surface area contributed by atoms with Crippen LogP contribution in [0.3, 0.4) is 0 Å². The fourth-order valence-corrected chi connectivity index (χ4v) is 2.25. The van der Waals surface area contributed by atoms with Gasteiger partial charge in [-0.25, -0.2) is 0 Å². The molecule has 2 fully saturated rings. The normalized spacial score (nSPS) is 38.4. The van der Waals surface area contributed by atoms with Crippen molar-refractivity contribution in [3.8, 4) is 12.3 Å². The van der Waals surface area contributed by atoms with Crippen LogP contribution in [0, 0.1) is 24.2 Å². The molecule has 0 aromatic carbocycles. The lowest BCUT2D eigenvalue weighted by atomic mass is 9.96. The Morgan fingerprint density at radius 2 is 2.42 bits per heavy atom. The fourth-order valence-electron chi connectivity index (χ4n) is 2.25. The molecule has 3 atom stereocenters. The number of hydrogen-bond donors (Lipinski definition) is 1. The Kier molecular flexibility index (Phi) is 2.34. The van der Waals surface area contributed by atoms with Crippen LogP contribution in [0.15, 0.2) is 0 Å². The number of hydrogen-bond acceptors (Lipinski definition) is 2. The molecule has 0 amide bonds. The molecule has 1 unspecified atom stereocenters. The Labute approximate surface area is 73.6 Å². The molecule has 12 heavy (non-hydrogen) atoms. The maximum absolute atomic E-state index is 5.13. The topological polar surface area (TPSA) is 21.3 Å². The molecule has 2 aliphatic rings. The molecule has 0 spiro atoms. The van der Waals surface area contributed by atoms with Crippen molar-refractivity contribution in [3.05, 3.63) is 0 Å². The predicted molar refractivity (Wildman–Crippen MR) is 47.2 cm³/mol. The van der Waals surface area contributed by atoms with Crippen LogP contribution in [0.1, 0.15) is 25.7 Å².